The lowest BCUT2D eigenvalue weighted by Crippen LogP contribution is -2.74. The van der Waals surface area contributed by atoms with Gasteiger partial charge in [0.2, 0.25) is 11.6 Å². The largest absolute Gasteiger partial charge is 0.497 e. The Bertz CT molecular complexity index is 1480. The van der Waals surface area contributed by atoms with Gasteiger partial charge in [0.15, 0.2) is 5.92 Å². The van der Waals surface area contributed by atoms with Crippen LogP contribution in [-0.4, -0.2) is 102 Å². The van der Waals surface area contributed by atoms with Crippen molar-refractivity contribution in [2.45, 2.75) is 48.7 Å². The van der Waals surface area contributed by atoms with Crippen LogP contribution < -0.4 is 10.1 Å². The first-order valence-corrected chi connectivity index (χ1v) is 16.1. The minimum absolute atomic E-state index is 0.0284. The number of benzene rings is 1. The number of methoxy groups -OCH3 is 1. The molecule has 3 heterocycles. The first-order valence-electron chi connectivity index (χ1n) is 13.8. The molecule has 2 aliphatic rings. The zero-order valence-electron chi connectivity index (χ0n) is 24.9. The van der Waals surface area contributed by atoms with Crippen molar-refractivity contribution < 1.29 is 47.1 Å². The predicted octanol–water partition coefficient (Wildman–Crippen LogP) is -0.145. The van der Waals surface area contributed by atoms with Crippen molar-refractivity contribution in [2.75, 3.05) is 26.1 Å². The van der Waals surface area contributed by atoms with E-state index < -0.39 is 57.2 Å². The average Bonchev–Trinajstić information content (AvgIpc) is 3.45. The van der Waals surface area contributed by atoms with Gasteiger partial charge < -0.3 is 24.3 Å². The van der Waals surface area contributed by atoms with Crippen molar-refractivity contribution in [3.63, 3.8) is 0 Å². The lowest BCUT2D eigenvalue weighted by molar-refractivity contribution is -0.162. The molecule has 18 heteroatoms. The summed E-state index contributed by atoms with van der Waals surface area (Å²) in [6, 6.07) is 5.56. The summed E-state index contributed by atoms with van der Waals surface area (Å²) in [5.41, 5.74) is 0.577. The molecular formula is C27H32N6O10S2. The number of aromatic nitrogens is 4. The quantitative estimate of drug-likeness (QED) is 0.0659. The number of amides is 2. The second-order valence-corrected chi connectivity index (χ2v) is 12.3. The summed E-state index contributed by atoms with van der Waals surface area (Å²) < 4.78 is 36.6. The standard InChI is InChI=1S/C27H32N6O10S2/c1-5-41-24(36)17(25(37)42-6-2)11-19-18(13-44-27-29-30-31-32(27)3)21(33-22(35)20(28-14-34)23(33)45(19)39)26(38)43-12-15-7-9-16(40-4)10-8-15/h7-10,14,17,19-20,23H,5-6,11-13H2,1-4H3,(H,28,34). The number of hydrogen-bond donors (Lipinski definition) is 1. The Balaban J connectivity index is 1.79. The summed E-state index contributed by atoms with van der Waals surface area (Å²) in [4.78, 5) is 65.3. The zero-order valence-corrected chi connectivity index (χ0v) is 26.5. The van der Waals surface area contributed by atoms with Crippen molar-refractivity contribution >= 4 is 52.8 Å². The summed E-state index contributed by atoms with van der Waals surface area (Å²) in [6.07, 6.45) is -0.0805. The summed E-state index contributed by atoms with van der Waals surface area (Å²) >= 11 is 1.08. The number of nitrogens with zero attached hydrogens (tertiary/aromatic N) is 5. The van der Waals surface area contributed by atoms with Crippen LogP contribution in [-0.2, 0) is 62.6 Å². The molecule has 4 rings (SSSR count). The van der Waals surface area contributed by atoms with Crippen molar-refractivity contribution in [3.8, 4) is 5.75 Å². The van der Waals surface area contributed by atoms with Gasteiger partial charge in [-0.15, -0.1) is 5.10 Å². The van der Waals surface area contributed by atoms with Gasteiger partial charge in [0.25, 0.3) is 5.91 Å². The molecule has 1 aromatic carbocycles. The Labute approximate surface area is 264 Å². The van der Waals surface area contributed by atoms with Crippen LogP contribution >= 0.6 is 11.8 Å². The number of nitrogens with one attached hydrogen (secondary N) is 1. The van der Waals surface area contributed by atoms with Crippen molar-refractivity contribution in [3.05, 3.63) is 41.1 Å². The molecule has 4 unspecified atom stereocenters. The number of ether oxygens (including phenoxy) is 4. The monoisotopic (exact) mass is 664 g/mol. The highest BCUT2D eigenvalue weighted by Crippen LogP contribution is 2.42. The lowest BCUT2D eigenvalue weighted by atomic mass is 9.95. The highest BCUT2D eigenvalue weighted by Gasteiger charge is 2.60. The maximum atomic E-state index is 14.2. The molecule has 242 valence electrons. The number of carbonyl (C=O) groups is 5. The molecule has 0 aliphatic carbocycles. The molecule has 1 saturated heterocycles. The van der Waals surface area contributed by atoms with E-state index in [1.807, 2.05) is 0 Å². The summed E-state index contributed by atoms with van der Waals surface area (Å²) in [5.74, 6) is -4.34. The van der Waals surface area contributed by atoms with E-state index in [4.69, 9.17) is 18.9 Å². The topological polar surface area (TPSA) is 198 Å². The van der Waals surface area contributed by atoms with Gasteiger partial charge >= 0.3 is 17.9 Å². The number of esters is 3. The molecule has 1 fully saturated rings. The van der Waals surface area contributed by atoms with Gasteiger partial charge in [-0.2, -0.15) is 0 Å². The fourth-order valence-electron chi connectivity index (χ4n) is 4.82. The van der Waals surface area contributed by atoms with Crippen LogP contribution in [0, 0.1) is 5.92 Å². The van der Waals surface area contributed by atoms with Crippen molar-refractivity contribution in [1.82, 2.24) is 30.4 Å². The number of rotatable bonds is 15. The molecule has 1 aromatic heterocycles. The highest BCUT2D eigenvalue weighted by molar-refractivity contribution is 7.99. The van der Waals surface area contributed by atoms with Crippen LogP contribution in [0.1, 0.15) is 25.8 Å². The molecule has 2 aromatic rings. The van der Waals surface area contributed by atoms with Crippen LogP contribution in [0.15, 0.2) is 40.7 Å². The Hall–Kier alpha value is -4.32. The van der Waals surface area contributed by atoms with Crippen molar-refractivity contribution in [2.24, 2.45) is 13.0 Å². The van der Waals surface area contributed by atoms with Crippen molar-refractivity contribution in [1.29, 1.82) is 0 Å². The van der Waals surface area contributed by atoms with E-state index in [1.165, 1.54) is 11.8 Å². The number of tetrazole rings is 1. The van der Waals surface area contributed by atoms with Crippen LogP contribution in [0.25, 0.3) is 0 Å². The van der Waals surface area contributed by atoms with Crippen LogP contribution in [0.4, 0.5) is 0 Å². The van der Waals surface area contributed by atoms with E-state index in [2.05, 4.69) is 20.8 Å². The maximum absolute atomic E-state index is 14.2. The molecule has 16 nitrogen and oxygen atoms in total. The number of hydrogen-bond acceptors (Lipinski definition) is 14. The van der Waals surface area contributed by atoms with E-state index in [0.717, 1.165) is 16.7 Å². The average molecular weight is 665 g/mol. The van der Waals surface area contributed by atoms with Crippen LogP contribution in [0.2, 0.25) is 0 Å². The number of thioether (sulfide) groups is 1. The molecule has 2 amide bonds. The Morgan fingerprint density at radius 1 is 1.11 bits per heavy atom. The highest BCUT2D eigenvalue weighted by atomic mass is 32.2. The SMILES string of the molecule is CCOC(=O)C(CC1C(CSc2nnnn2C)=C(C(=O)OCc2ccc(OC)cc2)N2C(=O)C(NC=O)C2S1=O)C(=O)OCC. The molecular weight excluding hydrogens is 632 g/mol. The molecule has 1 N–H and O–H groups in total. The second kappa shape index (κ2) is 15.1. The maximum Gasteiger partial charge on any atom is 0.355 e. The van der Waals surface area contributed by atoms with E-state index >= 15 is 0 Å². The van der Waals surface area contributed by atoms with E-state index in [9.17, 15) is 28.2 Å². The second-order valence-electron chi connectivity index (χ2n) is 9.64. The Kier molecular flexibility index (Phi) is 11.3. The number of aryl methyl sites for hydroxylation is 1. The molecule has 0 spiro atoms. The first kappa shape index (κ1) is 33.6. The number of fused-ring (bicyclic) bond motifs is 1. The zero-order chi connectivity index (χ0) is 32.7. The third-order valence-corrected chi connectivity index (χ3v) is 10.1. The third kappa shape index (κ3) is 7.16. The summed E-state index contributed by atoms with van der Waals surface area (Å²) in [6.45, 7) is 2.91. The number of carbonyl (C=O) groups excluding carboxylic acids is 5. The van der Waals surface area contributed by atoms with Crippen LogP contribution in [0.3, 0.4) is 0 Å². The normalized spacial score (nSPS) is 20.6. The summed E-state index contributed by atoms with van der Waals surface area (Å²) in [5, 5.41) is 11.7. The predicted molar refractivity (Wildman–Crippen MR) is 156 cm³/mol. The number of β-lactam (4-membered cyclic amide) rings is 1. The van der Waals surface area contributed by atoms with Gasteiger partial charge in [-0.05, 0) is 54.0 Å². The van der Waals surface area contributed by atoms with Gasteiger partial charge in [-0.3, -0.25) is 28.3 Å². The van der Waals surface area contributed by atoms with Gasteiger partial charge in [-0.1, -0.05) is 23.9 Å². The van der Waals surface area contributed by atoms with Gasteiger partial charge in [-0.25, -0.2) is 9.48 Å². The van der Waals surface area contributed by atoms with E-state index in [-0.39, 0.29) is 43.3 Å². The third-order valence-electron chi connectivity index (χ3n) is 7.00. The Morgan fingerprint density at radius 2 is 1.78 bits per heavy atom. The van der Waals surface area contributed by atoms with Gasteiger partial charge in [0.05, 0.1) is 36.4 Å². The summed E-state index contributed by atoms with van der Waals surface area (Å²) in [7, 11) is 1.09. The lowest BCUT2D eigenvalue weighted by Gasteiger charge is -2.51. The fraction of sp³-hybridized carbons (Fsp3) is 0.481. The molecule has 4 atom stereocenters. The molecule has 45 heavy (non-hydrogen) atoms. The van der Waals surface area contributed by atoms with E-state index in [1.54, 1.807) is 45.2 Å². The minimum atomic E-state index is -2.03. The molecule has 0 saturated carbocycles. The Morgan fingerprint density at radius 3 is 2.33 bits per heavy atom. The fourth-order valence-corrected chi connectivity index (χ4v) is 7.94. The van der Waals surface area contributed by atoms with E-state index in [0.29, 0.717) is 22.9 Å². The molecule has 0 radical (unpaired) electrons. The first-order chi connectivity index (χ1) is 21.7. The minimum Gasteiger partial charge on any atom is -0.497 e. The molecule has 0 bridgehead atoms. The van der Waals surface area contributed by atoms with Crippen LogP contribution in [0.5, 0.6) is 5.75 Å². The van der Waals surface area contributed by atoms with Gasteiger partial charge in [0.1, 0.15) is 29.5 Å². The smallest absolute Gasteiger partial charge is 0.355 e. The van der Waals surface area contributed by atoms with Gasteiger partial charge in [0, 0.05) is 12.8 Å². The molecule has 2 aliphatic heterocycles.